The molecule has 6 nitrogen and oxygen atoms in total. The number of aromatic nitrogens is 2. The number of halogens is 4. The highest BCUT2D eigenvalue weighted by Gasteiger charge is 2.51. The highest BCUT2D eigenvalue weighted by molar-refractivity contribution is 14.1. The maximum atomic E-state index is 16.2. The van der Waals surface area contributed by atoms with Gasteiger partial charge in [-0.3, -0.25) is 9.59 Å². The van der Waals surface area contributed by atoms with E-state index in [2.05, 4.69) is 44.5 Å². The summed E-state index contributed by atoms with van der Waals surface area (Å²) in [5.41, 5.74) is 6.19. The van der Waals surface area contributed by atoms with Gasteiger partial charge in [0.1, 0.15) is 23.1 Å². The number of hydrogen-bond donors (Lipinski definition) is 2. The van der Waals surface area contributed by atoms with Crippen LogP contribution >= 0.6 is 34.2 Å². The summed E-state index contributed by atoms with van der Waals surface area (Å²) >= 11 is 8.62. The molecule has 4 aromatic carbocycles. The van der Waals surface area contributed by atoms with Gasteiger partial charge in [0.2, 0.25) is 5.91 Å². The number of benzene rings is 4. The zero-order chi connectivity index (χ0) is 36.5. The number of H-pyrrole nitrogens is 2. The van der Waals surface area contributed by atoms with E-state index in [9.17, 15) is 14.0 Å². The number of hydrogen-bond acceptors (Lipinski definition) is 2. The van der Waals surface area contributed by atoms with E-state index < -0.39 is 32.7 Å². The molecule has 0 saturated carbocycles. The second-order valence-electron chi connectivity index (χ2n) is 13.9. The molecular formula is C42H34ClF2IN4O2. The fourth-order valence-electron chi connectivity index (χ4n) is 8.77. The maximum absolute atomic E-state index is 16.2. The summed E-state index contributed by atoms with van der Waals surface area (Å²) in [6, 6.07) is 26.2. The van der Waals surface area contributed by atoms with Crippen molar-refractivity contribution in [2.24, 2.45) is 0 Å². The van der Waals surface area contributed by atoms with Crippen molar-refractivity contribution in [2.45, 2.75) is 54.3 Å². The lowest BCUT2D eigenvalue weighted by Gasteiger charge is -2.50. The Labute approximate surface area is 318 Å². The smallest absolute Gasteiger partial charge is 0.300 e. The molecule has 52 heavy (non-hydrogen) atoms. The van der Waals surface area contributed by atoms with E-state index in [0.29, 0.717) is 29.5 Å². The van der Waals surface area contributed by atoms with Crippen LogP contribution in [0.5, 0.6) is 0 Å². The van der Waals surface area contributed by atoms with E-state index >= 15 is 4.39 Å². The van der Waals surface area contributed by atoms with E-state index in [-0.39, 0.29) is 24.2 Å². The molecule has 2 amide bonds. The van der Waals surface area contributed by atoms with Gasteiger partial charge in [0, 0.05) is 39.6 Å². The van der Waals surface area contributed by atoms with Crippen molar-refractivity contribution in [3.8, 4) is 12.3 Å². The molecule has 0 bridgehead atoms. The van der Waals surface area contributed by atoms with Crippen molar-refractivity contribution >= 4 is 67.8 Å². The van der Waals surface area contributed by atoms with Crippen molar-refractivity contribution in [1.29, 1.82) is 0 Å². The van der Waals surface area contributed by atoms with E-state index in [0.717, 1.165) is 44.3 Å². The summed E-state index contributed by atoms with van der Waals surface area (Å²) < 4.78 is 29.4. The molecule has 2 aliphatic rings. The molecule has 0 radical (unpaired) electrons. The minimum absolute atomic E-state index is 0.142. The van der Waals surface area contributed by atoms with Crippen LogP contribution < -0.4 is 0 Å². The molecule has 0 spiro atoms. The van der Waals surface area contributed by atoms with Gasteiger partial charge in [0.15, 0.2) is 3.55 Å². The molecule has 4 atom stereocenters. The fourth-order valence-corrected chi connectivity index (χ4v) is 10.4. The molecule has 6 aromatic rings. The Kier molecular flexibility index (Phi) is 8.46. The number of alkyl halides is 2. The van der Waals surface area contributed by atoms with Gasteiger partial charge >= 0.3 is 0 Å². The van der Waals surface area contributed by atoms with Crippen LogP contribution in [0.2, 0.25) is 0 Å². The SMILES string of the molecule is C#CC(=O)N1[C@@H](C)Cc2c([nH]c3ccccc23)[C@]1(I)c1ccc(F)c(C[C@H]2Cc3c([nH]c4ccccc34)[C@](C)(c3ccc(F)cc3)N2C(=O)CCl)c1. The predicted octanol–water partition coefficient (Wildman–Crippen LogP) is 8.47. The van der Waals surface area contributed by atoms with Crippen molar-refractivity contribution in [3.05, 3.63) is 142 Å². The molecule has 262 valence electrons. The van der Waals surface area contributed by atoms with Crippen LogP contribution in [0.1, 0.15) is 53.1 Å². The molecular weight excluding hydrogens is 793 g/mol. The minimum atomic E-state index is -1.10. The largest absolute Gasteiger partial charge is 0.356 e. The van der Waals surface area contributed by atoms with E-state index in [4.69, 9.17) is 18.0 Å². The van der Waals surface area contributed by atoms with Gasteiger partial charge in [-0.2, -0.15) is 0 Å². The molecule has 10 heteroatoms. The quantitative estimate of drug-likeness (QED) is 0.0793. The monoisotopic (exact) mass is 826 g/mol. The van der Waals surface area contributed by atoms with Crippen molar-refractivity contribution < 1.29 is 18.4 Å². The van der Waals surface area contributed by atoms with Crippen molar-refractivity contribution in [1.82, 2.24) is 19.8 Å². The lowest BCUT2D eigenvalue weighted by molar-refractivity contribution is -0.137. The topological polar surface area (TPSA) is 72.2 Å². The van der Waals surface area contributed by atoms with Crippen LogP contribution in [0, 0.1) is 24.0 Å². The number of terminal acetylenes is 1. The molecule has 0 fully saturated rings. The maximum Gasteiger partial charge on any atom is 0.300 e. The summed E-state index contributed by atoms with van der Waals surface area (Å²) in [4.78, 5) is 38.2. The van der Waals surface area contributed by atoms with Crippen LogP contribution in [0.15, 0.2) is 91.0 Å². The van der Waals surface area contributed by atoms with Crippen LogP contribution in [-0.2, 0) is 37.9 Å². The van der Waals surface area contributed by atoms with Gasteiger partial charge in [-0.1, -0.05) is 54.6 Å². The molecule has 0 saturated heterocycles. The van der Waals surface area contributed by atoms with Crippen LogP contribution in [0.3, 0.4) is 0 Å². The summed E-state index contributed by atoms with van der Waals surface area (Å²) in [6.07, 6.45) is 6.92. The number of carbonyl (C=O) groups is 2. The first-order valence-corrected chi connectivity index (χ1v) is 18.7. The van der Waals surface area contributed by atoms with E-state index in [1.807, 2.05) is 56.3 Å². The Hall–Kier alpha value is -4.66. The normalized spacial score (nSPS) is 22.6. The third-order valence-electron chi connectivity index (χ3n) is 11.0. The lowest BCUT2D eigenvalue weighted by Crippen LogP contribution is -2.58. The minimum Gasteiger partial charge on any atom is -0.356 e. The molecule has 8 rings (SSSR count). The van der Waals surface area contributed by atoms with Gasteiger partial charge in [0.25, 0.3) is 5.91 Å². The third kappa shape index (κ3) is 5.09. The Morgan fingerprint density at radius 3 is 2.12 bits per heavy atom. The highest BCUT2D eigenvalue weighted by atomic mass is 127. The Bertz CT molecular complexity index is 2450. The van der Waals surface area contributed by atoms with Crippen LogP contribution in [0.4, 0.5) is 8.78 Å². The van der Waals surface area contributed by atoms with Crippen molar-refractivity contribution in [2.75, 3.05) is 5.88 Å². The molecule has 2 N–H and O–H groups in total. The fraction of sp³-hybridized carbons (Fsp3) is 0.238. The number of rotatable bonds is 5. The number of amides is 2. The number of aromatic amines is 2. The zero-order valence-corrected chi connectivity index (χ0v) is 31.4. The molecule has 2 aliphatic heterocycles. The van der Waals surface area contributed by atoms with E-state index in [1.165, 1.54) is 18.2 Å². The number of fused-ring (bicyclic) bond motifs is 6. The first kappa shape index (κ1) is 34.4. The number of nitrogens with one attached hydrogen (secondary N) is 2. The molecule has 0 unspecified atom stereocenters. The van der Waals surface area contributed by atoms with Crippen LogP contribution in [0.25, 0.3) is 21.8 Å². The second-order valence-corrected chi connectivity index (χ2v) is 15.7. The standard InChI is InChI=1S/C42H34ClF2IN4O2/c1-4-37(51)49-24(2)19-32-30-9-5-8-12-36(30)48-40(32)42(49,46)27-15-18-34(45)25(20-27)21-29-22-33-31-10-6-7-11-35(31)47-39(33)41(3,50(29)38(52)23-43)26-13-16-28(44)17-14-26/h1,5-18,20,24,29,47-48H,19,21-23H2,2-3H3/t24-,29-,41-,42-/m0/s1. The Morgan fingerprint density at radius 1 is 0.885 bits per heavy atom. The zero-order valence-electron chi connectivity index (χ0n) is 28.4. The average Bonchev–Trinajstić information content (AvgIpc) is 3.72. The molecule has 2 aromatic heterocycles. The summed E-state index contributed by atoms with van der Waals surface area (Å²) in [5.74, 6) is 0.395. The molecule has 4 heterocycles. The molecule has 0 aliphatic carbocycles. The van der Waals surface area contributed by atoms with Gasteiger partial charge in [-0.25, -0.2) is 8.78 Å². The third-order valence-corrected chi connectivity index (χ3v) is 12.9. The summed E-state index contributed by atoms with van der Waals surface area (Å²) in [7, 11) is 0. The van der Waals surface area contributed by atoms with Gasteiger partial charge in [0.05, 0.1) is 5.69 Å². The Balaban J connectivity index is 1.30. The highest BCUT2D eigenvalue weighted by Crippen LogP contribution is 2.51. The lowest BCUT2D eigenvalue weighted by atomic mass is 9.76. The summed E-state index contributed by atoms with van der Waals surface area (Å²) in [6.45, 7) is 3.91. The Morgan fingerprint density at radius 2 is 1.48 bits per heavy atom. The van der Waals surface area contributed by atoms with Gasteiger partial charge in [-0.05, 0) is 126 Å². The number of carbonyl (C=O) groups excluding carboxylic acids is 2. The number of nitrogens with zero attached hydrogens (tertiary/aromatic N) is 2. The van der Waals surface area contributed by atoms with E-state index in [1.54, 1.807) is 34.1 Å². The van der Waals surface area contributed by atoms with Crippen LogP contribution in [-0.4, -0.2) is 49.5 Å². The number of para-hydroxylation sites is 2. The second kappa shape index (κ2) is 12.8. The van der Waals surface area contributed by atoms with Gasteiger partial charge < -0.3 is 19.8 Å². The van der Waals surface area contributed by atoms with Crippen molar-refractivity contribution in [3.63, 3.8) is 0 Å². The summed E-state index contributed by atoms with van der Waals surface area (Å²) in [5, 5.41) is 2.06. The first-order chi connectivity index (χ1) is 25.0. The average molecular weight is 827 g/mol. The first-order valence-electron chi connectivity index (χ1n) is 17.1. The van der Waals surface area contributed by atoms with Gasteiger partial charge in [-0.15, -0.1) is 18.0 Å². The predicted molar refractivity (Wildman–Crippen MR) is 208 cm³/mol.